The zero-order valence-corrected chi connectivity index (χ0v) is 19.8. The average molecular weight is 452 g/mol. The summed E-state index contributed by atoms with van der Waals surface area (Å²) in [6, 6.07) is 6.32. The van der Waals surface area contributed by atoms with Crippen LogP contribution in [0.5, 0.6) is 5.75 Å². The zero-order valence-electron chi connectivity index (χ0n) is 19.0. The number of hydrogen-bond donors (Lipinski definition) is 1. The van der Waals surface area contributed by atoms with Gasteiger partial charge in [-0.05, 0) is 63.6 Å². The van der Waals surface area contributed by atoms with Crippen LogP contribution in [0.4, 0.5) is 0 Å². The lowest BCUT2D eigenvalue weighted by Crippen LogP contribution is -2.22. The van der Waals surface area contributed by atoms with Gasteiger partial charge in [0, 0.05) is 38.6 Å². The molecular formula is C26H29NO4S. The topological polar surface area (TPSA) is 68.7 Å². The Morgan fingerprint density at radius 2 is 2.19 bits per heavy atom. The lowest BCUT2D eigenvalue weighted by Gasteiger charge is -2.29. The van der Waals surface area contributed by atoms with Crippen molar-refractivity contribution in [3.63, 3.8) is 0 Å². The number of carbonyl (C=O) groups is 1. The standard InChI is InChI=1S/C26H29NO4S/c1-5-15-9-10-17-18(11-15)30-12-16-7-6-8-19-21(16)23-22(17)20(14(4)27-25(23)32-19)24(26(28)29)31-13(2)3/h9-11,13,16,24H,5-8,12H2,1-4H3,(H,28,29). The Hall–Kier alpha value is -2.44. The highest BCUT2D eigenvalue weighted by atomic mass is 32.1. The minimum atomic E-state index is -1.09. The molecule has 0 radical (unpaired) electrons. The van der Waals surface area contributed by atoms with Crippen LogP contribution in [0.25, 0.3) is 21.3 Å². The number of ether oxygens (including phenoxy) is 2. The first-order chi connectivity index (χ1) is 15.4. The van der Waals surface area contributed by atoms with Crippen LogP contribution < -0.4 is 4.74 Å². The van der Waals surface area contributed by atoms with Gasteiger partial charge in [0.2, 0.25) is 0 Å². The zero-order chi connectivity index (χ0) is 22.6. The molecule has 1 aliphatic heterocycles. The molecule has 5 rings (SSSR count). The number of carboxylic acid groups (broad SMARTS) is 1. The van der Waals surface area contributed by atoms with Crippen molar-refractivity contribution in [1.29, 1.82) is 0 Å². The molecule has 0 spiro atoms. The molecule has 2 aliphatic rings. The fraction of sp³-hybridized carbons (Fsp3) is 0.462. The van der Waals surface area contributed by atoms with Crippen molar-refractivity contribution >= 4 is 27.5 Å². The minimum absolute atomic E-state index is 0.228. The van der Waals surface area contributed by atoms with Gasteiger partial charge in [-0.3, -0.25) is 0 Å². The summed E-state index contributed by atoms with van der Waals surface area (Å²) in [5, 5.41) is 11.3. The first-order valence-electron chi connectivity index (χ1n) is 11.5. The van der Waals surface area contributed by atoms with Crippen molar-refractivity contribution in [3.05, 3.63) is 45.5 Å². The maximum Gasteiger partial charge on any atom is 0.337 e. The molecule has 1 aromatic carbocycles. The summed E-state index contributed by atoms with van der Waals surface area (Å²) in [6.45, 7) is 8.42. The third kappa shape index (κ3) is 3.41. The van der Waals surface area contributed by atoms with E-state index in [1.807, 2.05) is 20.8 Å². The maximum absolute atomic E-state index is 12.4. The van der Waals surface area contributed by atoms with E-state index >= 15 is 0 Å². The molecule has 0 bridgehead atoms. The average Bonchev–Trinajstić information content (AvgIpc) is 3.12. The smallest absolute Gasteiger partial charge is 0.337 e. The van der Waals surface area contributed by atoms with Gasteiger partial charge in [0.1, 0.15) is 10.6 Å². The predicted molar refractivity (Wildman–Crippen MR) is 127 cm³/mol. The lowest BCUT2D eigenvalue weighted by atomic mass is 9.81. The first-order valence-corrected chi connectivity index (χ1v) is 12.3. The van der Waals surface area contributed by atoms with E-state index in [9.17, 15) is 9.90 Å². The third-order valence-electron chi connectivity index (χ3n) is 6.60. The van der Waals surface area contributed by atoms with Crippen LogP contribution >= 0.6 is 11.3 Å². The summed E-state index contributed by atoms with van der Waals surface area (Å²) in [7, 11) is 0. The molecule has 1 aliphatic carbocycles. The normalized spacial score (nSPS) is 18.1. The van der Waals surface area contributed by atoms with E-state index in [4.69, 9.17) is 14.5 Å². The molecule has 5 nitrogen and oxygen atoms in total. The van der Waals surface area contributed by atoms with Crippen molar-refractivity contribution in [1.82, 2.24) is 4.98 Å². The molecule has 0 saturated heterocycles. The van der Waals surface area contributed by atoms with Crippen molar-refractivity contribution in [2.24, 2.45) is 0 Å². The summed E-state index contributed by atoms with van der Waals surface area (Å²) in [4.78, 5) is 19.7. The van der Waals surface area contributed by atoms with Crippen LogP contribution in [0.2, 0.25) is 0 Å². The molecule has 0 saturated carbocycles. The lowest BCUT2D eigenvalue weighted by molar-refractivity contribution is -0.153. The summed E-state index contributed by atoms with van der Waals surface area (Å²) in [5.74, 6) is 0.140. The molecule has 0 fully saturated rings. The van der Waals surface area contributed by atoms with Gasteiger partial charge >= 0.3 is 5.97 Å². The van der Waals surface area contributed by atoms with Crippen LogP contribution in [0.15, 0.2) is 18.2 Å². The van der Waals surface area contributed by atoms with Gasteiger partial charge in [-0.15, -0.1) is 11.3 Å². The molecule has 168 valence electrons. The van der Waals surface area contributed by atoms with Gasteiger partial charge in [0.25, 0.3) is 0 Å². The highest BCUT2D eigenvalue weighted by molar-refractivity contribution is 7.19. The number of aromatic nitrogens is 1. The molecule has 0 amide bonds. The van der Waals surface area contributed by atoms with E-state index in [-0.39, 0.29) is 6.10 Å². The van der Waals surface area contributed by atoms with Crippen molar-refractivity contribution in [2.45, 2.75) is 71.5 Å². The maximum atomic E-state index is 12.4. The van der Waals surface area contributed by atoms with E-state index in [0.29, 0.717) is 23.8 Å². The summed E-state index contributed by atoms with van der Waals surface area (Å²) in [6.07, 6.45) is 2.87. The number of aryl methyl sites for hydroxylation is 3. The Labute approximate surface area is 192 Å². The third-order valence-corrected chi connectivity index (χ3v) is 7.76. The van der Waals surface area contributed by atoms with Gasteiger partial charge in [0.05, 0.1) is 12.7 Å². The summed E-state index contributed by atoms with van der Waals surface area (Å²) in [5.41, 5.74) is 5.76. The molecule has 2 aromatic heterocycles. The number of hydrogen-bond acceptors (Lipinski definition) is 5. The highest BCUT2D eigenvalue weighted by Crippen LogP contribution is 2.51. The quantitative estimate of drug-likeness (QED) is 0.500. The second kappa shape index (κ2) is 8.16. The second-order valence-electron chi connectivity index (χ2n) is 9.09. The van der Waals surface area contributed by atoms with E-state index in [2.05, 4.69) is 25.1 Å². The van der Waals surface area contributed by atoms with Gasteiger partial charge in [0.15, 0.2) is 6.10 Å². The Kier molecular flexibility index (Phi) is 5.46. The Balaban J connectivity index is 1.91. The number of fused-ring (bicyclic) bond motifs is 2. The van der Waals surface area contributed by atoms with E-state index < -0.39 is 12.1 Å². The number of thiophene rings is 1. The number of rotatable bonds is 5. The number of carboxylic acids is 1. The van der Waals surface area contributed by atoms with Crippen LogP contribution in [0, 0.1) is 6.92 Å². The van der Waals surface area contributed by atoms with Gasteiger partial charge in [-0.2, -0.15) is 0 Å². The number of benzene rings is 1. The summed E-state index contributed by atoms with van der Waals surface area (Å²) >= 11 is 1.76. The molecule has 3 aromatic rings. The molecule has 6 heteroatoms. The molecule has 2 atom stereocenters. The second-order valence-corrected chi connectivity index (χ2v) is 10.2. The number of nitrogens with zero attached hydrogens (tertiary/aromatic N) is 1. The van der Waals surface area contributed by atoms with Crippen LogP contribution in [0.1, 0.15) is 72.9 Å². The largest absolute Gasteiger partial charge is 0.492 e. The number of aliphatic carboxylic acids is 1. The van der Waals surface area contributed by atoms with E-state index in [1.165, 1.54) is 16.0 Å². The fourth-order valence-corrected chi connectivity index (χ4v) is 6.54. The van der Waals surface area contributed by atoms with Crippen LogP contribution in [-0.2, 0) is 22.4 Å². The van der Waals surface area contributed by atoms with E-state index in [1.54, 1.807) is 11.3 Å². The Morgan fingerprint density at radius 3 is 2.91 bits per heavy atom. The van der Waals surface area contributed by atoms with E-state index in [0.717, 1.165) is 52.8 Å². The number of pyridine rings is 1. The van der Waals surface area contributed by atoms with Crippen LogP contribution in [-0.4, -0.2) is 28.8 Å². The monoisotopic (exact) mass is 451 g/mol. The molecular weight excluding hydrogens is 422 g/mol. The minimum Gasteiger partial charge on any atom is -0.492 e. The van der Waals surface area contributed by atoms with Gasteiger partial charge in [-0.1, -0.05) is 19.1 Å². The Bertz CT molecular complexity index is 1210. The summed E-state index contributed by atoms with van der Waals surface area (Å²) < 4.78 is 12.4. The molecule has 32 heavy (non-hydrogen) atoms. The SMILES string of the molecule is CCc1ccc2c(c1)OCC1CCCc3sc4nc(C)c(C(OC(C)C)C(=O)O)c-2c4c31. The van der Waals surface area contributed by atoms with Gasteiger partial charge in [-0.25, -0.2) is 9.78 Å². The molecule has 2 unspecified atom stereocenters. The predicted octanol–water partition coefficient (Wildman–Crippen LogP) is 6.20. The Morgan fingerprint density at radius 1 is 1.38 bits per heavy atom. The van der Waals surface area contributed by atoms with Crippen LogP contribution in [0.3, 0.4) is 0 Å². The highest BCUT2D eigenvalue weighted by Gasteiger charge is 2.36. The first kappa shape index (κ1) is 21.4. The molecule has 3 heterocycles. The van der Waals surface area contributed by atoms with Gasteiger partial charge < -0.3 is 14.6 Å². The fourth-order valence-electron chi connectivity index (χ4n) is 5.19. The van der Waals surface area contributed by atoms with Crippen molar-refractivity contribution in [3.8, 4) is 16.9 Å². The van der Waals surface area contributed by atoms with Crippen molar-refractivity contribution < 1.29 is 19.4 Å². The molecule has 1 N–H and O–H groups in total. The van der Waals surface area contributed by atoms with Crippen molar-refractivity contribution in [2.75, 3.05) is 6.61 Å².